The van der Waals surface area contributed by atoms with Gasteiger partial charge in [-0.3, -0.25) is 0 Å². The van der Waals surface area contributed by atoms with Gasteiger partial charge in [0.1, 0.15) is 0 Å². The van der Waals surface area contributed by atoms with Gasteiger partial charge in [0, 0.05) is 0 Å². The Kier molecular flexibility index (Phi) is 1.39. The van der Waals surface area contributed by atoms with E-state index in [2.05, 4.69) is 4.74 Å². The molecule has 1 atom stereocenters. The molecule has 0 amide bonds. The number of hydrogen-bond donors (Lipinski definition) is 0. The standard InChI is InChI=1S/C4H3F5O/c5-3(6,2-1-10-2)4(7,8)9/h2H,1H2/t2-/m1/s1. The Morgan fingerprint density at radius 1 is 1.10 bits per heavy atom. The lowest BCUT2D eigenvalue weighted by atomic mass is 10.2. The van der Waals surface area contributed by atoms with Gasteiger partial charge < -0.3 is 4.74 Å². The Morgan fingerprint density at radius 3 is 1.60 bits per heavy atom. The van der Waals surface area contributed by atoms with Crippen LogP contribution in [0.15, 0.2) is 0 Å². The maximum Gasteiger partial charge on any atom is 0.456 e. The molecule has 60 valence electrons. The predicted molar refractivity (Wildman–Crippen MR) is 20.7 cm³/mol. The van der Waals surface area contributed by atoms with Crippen LogP contribution in [0.4, 0.5) is 22.0 Å². The van der Waals surface area contributed by atoms with Crippen LogP contribution < -0.4 is 0 Å². The molecule has 0 aromatic carbocycles. The minimum Gasteiger partial charge on any atom is -0.366 e. The van der Waals surface area contributed by atoms with Gasteiger partial charge in [0.25, 0.3) is 0 Å². The lowest BCUT2D eigenvalue weighted by Crippen LogP contribution is -2.41. The first-order valence-corrected chi connectivity index (χ1v) is 2.42. The zero-order valence-corrected chi connectivity index (χ0v) is 4.58. The minimum atomic E-state index is -5.48. The average molecular weight is 162 g/mol. The first kappa shape index (κ1) is 7.71. The minimum absolute atomic E-state index is 0.507. The van der Waals surface area contributed by atoms with Gasteiger partial charge in [0.05, 0.1) is 6.61 Å². The summed E-state index contributed by atoms with van der Waals surface area (Å²) in [4.78, 5) is 0. The molecular weight excluding hydrogens is 159 g/mol. The predicted octanol–water partition coefficient (Wildman–Crippen LogP) is 1.58. The maximum atomic E-state index is 11.9. The number of halogens is 5. The number of rotatable bonds is 1. The van der Waals surface area contributed by atoms with E-state index in [1.165, 1.54) is 0 Å². The Morgan fingerprint density at radius 2 is 1.50 bits per heavy atom. The molecule has 1 aliphatic heterocycles. The van der Waals surface area contributed by atoms with Crippen molar-refractivity contribution in [2.24, 2.45) is 0 Å². The topological polar surface area (TPSA) is 12.5 Å². The van der Waals surface area contributed by atoms with Crippen LogP contribution in [-0.2, 0) is 4.74 Å². The molecule has 0 aliphatic carbocycles. The van der Waals surface area contributed by atoms with Crippen molar-refractivity contribution in [1.29, 1.82) is 0 Å². The third-order valence-corrected chi connectivity index (χ3v) is 1.12. The van der Waals surface area contributed by atoms with Crippen molar-refractivity contribution in [3.63, 3.8) is 0 Å². The summed E-state index contributed by atoms with van der Waals surface area (Å²) in [6.45, 7) is -0.507. The van der Waals surface area contributed by atoms with Gasteiger partial charge in [-0.1, -0.05) is 0 Å². The molecule has 1 nitrogen and oxygen atoms in total. The fourth-order valence-corrected chi connectivity index (χ4v) is 0.440. The second kappa shape index (κ2) is 1.81. The van der Waals surface area contributed by atoms with E-state index in [0.29, 0.717) is 0 Å². The van der Waals surface area contributed by atoms with Crippen LogP contribution in [0.3, 0.4) is 0 Å². The number of epoxide rings is 1. The van der Waals surface area contributed by atoms with E-state index in [1.807, 2.05) is 0 Å². The highest BCUT2D eigenvalue weighted by molar-refractivity contribution is 4.91. The maximum absolute atomic E-state index is 11.9. The summed E-state index contributed by atoms with van der Waals surface area (Å²) in [6.07, 6.45) is -7.43. The van der Waals surface area contributed by atoms with Gasteiger partial charge in [-0.25, -0.2) is 0 Å². The van der Waals surface area contributed by atoms with Gasteiger partial charge >= 0.3 is 12.1 Å². The zero-order valence-electron chi connectivity index (χ0n) is 4.58. The quantitative estimate of drug-likeness (QED) is 0.421. The average Bonchev–Trinajstić information content (AvgIpc) is 2.38. The van der Waals surface area contributed by atoms with Crippen LogP contribution in [0.5, 0.6) is 0 Å². The molecular formula is C4H3F5O. The van der Waals surface area contributed by atoms with Crippen LogP contribution in [0.25, 0.3) is 0 Å². The number of ether oxygens (including phenoxy) is 1. The lowest BCUT2D eigenvalue weighted by Gasteiger charge is -2.16. The first-order chi connectivity index (χ1) is 4.36. The molecule has 1 fully saturated rings. The van der Waals surface area contributed by atoms with Crippen molar-refractivity contribution >= 4 is 0 Å². The van der Waals surface area contributed by atoms with Crippen LogP contribution >= 0.6 is 0 Å². The molecule has 0 bridgehead atoms. The summed E-state index contributed by atoms with van der Waals surface area (Å²) in [5.41, 5.74) is 0. The van der Waals surface area contributed by atoms with Gasteiger partial charge in [-0.05, 0) is 0 Å². The Bertz CT molecular complexity index is 135. The zero-order chi connectivity index (χ0) is 7.99. The fourth-order valence-electron chi connectivity index (χ4n) is 0.440. The van der Waals surface area contributed by atoms with Crippen LogP contribution in [-0.4, -0.2) is 24.8 Å². The van der Waals surface area contributed by atoms with E-state index >= 15 is 0 Å². The second-order valence-corrected chi connectivity index (χ2v) is 1.94. The molecule has 0 unspecified atom stereocenters. The molecule has 0 radical (unpaired) electrons. The number of hydrogen-bond acceptors (Lipinski definition) is 1. The van der Waals surface area contributed by atoms with E-state index < -0.39 is 24.8 Å². The molecule has 0 saturated carbocycles. The van der Waals surface area contributed by atoms with E-state index in [-0.39, 0.29) is 0 Å². The third kappa shape index (κ3) is 1.07. The molecule has 6 heteroatoms. The van der Waals surface area contributed by atoms with Crippen LogP contribution in [0.2, 0.25) is 0 Å². The van der Waals surface area contributed by atoms with Crippen molar-refractivity contribution in [3.05, 3.63) is 0 Å². The van der Waals surface area contributed by atoms with Crippen molar-refractivity contribution < 1.29 is 26.7 Å². The largest absolute Gasteiger partial charge is 0.456 e. The molecule has 0 aromatic rings. The molecule has 1 rings (SSSR count). The molecule has 0 aromatic heterocycles. The summed E-state index contributed by atoms with van der Waals surface area (Å²) in [5, 5.41) is 0. The number of alkyl halides is 5. The normalized spacial score (nSPS) is 26.7. The second-order valence-electron chi connectivity index (χ2n) is 1.94. The first-order valence-electron chi connectivity index (χ1n) is 2.42. The van der Waals surface area contributed by atoms with E-state index in [0.717, 1.165) is 0 Å². The Labute approximate surface area is 52.8 Å². The molecule has 10 heavy (non-hydrogen) atoms. The summed E-state index contributed by atoms with van der Waals surface area (Å²) in [7, 11) is 0. The van der Waals surface area contributed by atoms with Crippen molar-refractivity contribution in [2.75, 3.05) is 6.61 Å². The summed E-state index contributed by atoms with van der Waals surface area (Å²) >= 11 is 0. The smallest absolute Gasteiger partial charge is 0.366 e. The van der Waals surface area contributed by atoms with Gasteiger partial charge in [0.15, 0.2) is 6.10 Å². The Hall–Kier alpha value is -0.390. The van der Waals surface area contributed by atoms with Crippen LogP contribution in [0, 0.1) is 0 Å². The molecule has 0 spiro atoms. The molecule has 1 aliphatic rings. The van der Waals surface area contributed by atoms with Crippen molar-refractivity contribution in [1.82, 2.24) is 0 Å². The van der Waals surface area contributed by atoms with Crippen molar-refractivity contribution in [3.8, 4) is 0 Å². The van der Waals surface area contributed by atoms with E-state index in [9.17, 15) is 22.0 Å². The SMILES string of the molecule is FC(F)(F)C(F)(F)[C@H]1CO1. The van der Waals surface area contributed by atoms with Gasteiger partial charge in [0.2, 0.25) is 0 Å². The van der Waals surface area contributed by atoms with Crippen molar-refractivity contribution in [2.45, 2.75) is 18.2 Å². The summed E-state index contributed by atoms with van der Waals surface area (Å²) < 4.78 is 61.4. The lowest BCUT2D eigenvalue weighted by molar-refractivity contribution is -0.288. The third-order valence-electron chi connectivity index (χ3n) is 1.12. The van der Waals surface area contributed by atoms with Gasteiger partial charge in [-0.15, -0.1) is 0 Å². The van der Waals surface area contributed by atoms with E-state index in [4.69, 9.17) is 0 Å². The highest BCUT2D eigenvalue weighted by Crippen LogP contribution is 2.43. The monoisotopic (exact) mass is 162 g/mol. The highest BCUT2D eigenvalue weighted by atomic mass is 19.4. The van der Waals surface area contributed by atoms with E-state index in [1.54, 1.807) is 0 Å². The highest BCUT2D eigenvalue weighted by Gasteiger charge is 2.67. The molecule has 1 heterocycles. The fraction of sp³-hybridized carbons (Fsp3) is 1.00. The Balaban J connectivity index is 2.66. The summed E-state index contributed by atoms with van der Waals surface area (Å²) in [5.74, 6) is -4.67. The summed E-state index contributed by atoms with van der Waals surface area (Å²) in [6, 6.07) is 0. The molecule has 0 N–H and O–H groups in total. The molecule has 1 saturated heterocycles. The van der Waals surface area contributed by atoms with Crippen LogP contribution in [0.1, 0.15) is 0 Å². The van der Waals surface area contributed by atoms with Gasteiger partial charge in [-0.2, -0.15) is 22.0 Å².